The Morgan fingerprint density at radius 2 is 1.93 bits per heavy atom. The van der Waals surface area contributed by atoms with Crippen molar-refractivity contribution < 1.29 is 0 Å². The molecule has 1 aliphatic carbocycles. The van der Waals surface area contributed by atoms with Crippen LogP contribution >= 0.6 is 0 Å². The first-order chi connectivity index (χ1) is 7.34. The number of allylic oxidation sites excluding steroid dienone is 3. The molecule has 1 aromatic carbocycles. The molecule has 2 rings (SSSR count). The van der Waals surface area contributed by atoms with Crippen molar-refractivity contribution in [3.8, 4) is 0 Å². The highest BCUT2D eigenvalue weighted by Crippen LogP contribution is 2.20. The van der Waals surface area contributed by atoms with Gasteiger partial charge in [-0.1, -0.05) is 54.1 Å². The zero-order valence-electron chi connectivity index (χ0n) is 9.32. The van der Waals surface area contributed by atoms with Crippen molar-refractivity contribution in [1.82, 2.24) is 0 Å². The molecule has 0 aliphatic heterocycles. The molecule has 0 saturated carbocycles. The highest BCUT2D eigenvalue weighted by molar-refractivity contribution is 5.49. The van der Waals surface area contributed by atoms with Crippen LogP contribution in [0.15, 0.2) is 42.5 Å². The summed E-state index contributed by atoms with van der Waals surface area (Å²) in [4.78, 5) is 0. The van der Waals surface area contributed by atoms with E-state index in [9.17, 15) is 0 Å². The van der Waals surface area contributed by atoms with Gasteiger partial charge in [0.2, 0.25) is 0 Å². The maximum atomic E-state index is 2.36. The van der Waals surface area contributed by atoms with Gasteiger partial charge in [0.25, 0.3) is 0 Å². The van der Waals surface area contributed by atoms with Crippen LogP contribution in [0, 0.1) is 12.8 Å². The summed E-state index contributed by atoms with van der Waals surface area (Å²) in [6, 6.07) is 8.70. The van der Waals surface area contributed by atoms with E-state index in [2.05, 4.69) is 55.5 Å². The van der Waals surface area contributed by atoms with Crippen LogP contribution in [0.2, 0.25) is 0 Å². The maximum Gasteiger partial charge on any atom is -0.0193 e. The fraction of sp³-hybridized carbons (Fsp3) is 0.333. The molecular formula is C15H18. The van der Waals surface area contributed by atoms with E-state index in [1.165, 1.54) is 30.4 Å². The Labute approximate surface area is 92.3 Å². The number of hydrogen-bond donors (Lipinski definition) is 0. The van der Waals surface area contributed by atoms with Crippen LogP contribution in [0.25, 0.3) is 6.08 Å². The molecule has 0 nitrogen and oxygen atoms in total. The minimum atomic E-state index is 0.747. The van der Waals surface area contributed by atoms with E-state index in [1.807, 2.05) is 0 Å². The minimum Gasteiger partial charge on any atom is -0.0885 e. The molecule has 1 atom stereocenters. The van der Waals surface area contributed by atoms with E-state index in [-0.39, 0.29) is 0 Å². The average molecular weight is 198 g/mol. The van der Waals surface area contributed by atoms with Gasteiger partial charge in [0.1, 0.15) is 0 Å². The lowest BCUT2D eigenvalue weighted by Crippen LogP contribution is -1.97. The third-order valence-electron chi connectivity index (χ3n) is 2.95. The van der Waals surface area contributed by atoms with Gasteiger partial charge in [-0.25, -0.2) is 0 Å². The standard InChI is InChI=1S/C15H18/c1-13-7-9-15(10-8-13)12-11-14-5-3-2-4-6-14/h2-3,7-12,14H,4-6H2,1H3/b12-11+. The Balaban J connectivity index is 1.98. The lowest BCUT2D eigenvalue weighted by Gasteiger charge is -2.12. The van der Waals surface area contributed by atoms with Crippen LogP contribution in [0.5, 0.6) is 0 Å². The molecule has 0 spiro atoms. The van der Waals surface area contributed by atoms with Crippen molar-refractivity contribution in [2.24, 2.45) is 5.92 Å². The Hall–Kier alpha value is -1.30. The molecular weight excluding hydrogens is 180 g/mol. The summed E-state index contributed by atoms with van der Waals surface area (Å²) in [6.07, 6.45) is 12.9. The summed E-state index contributed by atoms with van der Waals surface area (Å²) in [7, 11) is 0. The van der Waals surface area contributed by atoms with Gasteiger partial charge >= 0.3 is 0 Å². The summed E-state index contributed by atoms with van der Waals surface area (Å²) in [6.45, 7) is 2.12. The van der Waals surface area contributed by atoms with Gasteiger partial charge in [0, 0.05) is 0 Å². The largest absolute Gasteiger partial charge is 0.0885 e. The van der Waals surface area contributed by atoms with Crippen molar-refractivity contribution in [2.45, 2.75) is 26.2 Å². The van der Waals surface area contributed by atoms with Gasteiger partial charge in [0.05, 0.1) is 0 Å². The first kappa shape index (κ1) is 10.2. The molecule has 0 amide bonds. The van der Waals surface area contributed by atoms with Gasteiger partial charge in [-0.05, 0) is 37.7 Å². The predicted octanol–water partition coefficient (Wildman–Crippen LogP) is 4.36. The second-order valence-corrected chi connectivity index (χ2v) is 4.31. The Morgan fingerprint density at radius 3 is 2.60 bits per heavy atom. The fourth-order valence-electron chi connectivity index (χ4n) is 1.92. The molecule has 78 valence electrons. The lowest BCUT2D eigenvalue weighted by molar-refractivity contribution is 0.586. The highest BCUT2D eigenvalue weighted by Gasteiger charge is 2.04. The third kappa shape index (κ3) is 3.09. The molecule has 0 N–H and O–H groups in total. The quantitative estimate of drug-likeness (QED) is 0.619. The van der Waals surface area contributed by atoms with E-state index in [1.54, 1.807) is 0 Å². The summed E-state index contributed by atoms with van der Waals surface area (Å²) >= 11 is 0. The molecule has 15 heavy (non-hydrogen) atoms. The SMILES string of the molecule is Cc1ccc(/C=C/C2CC=CCC2)cc1. The summed E-state index contributed by atoms with van der Waals surface area (Å²) in [5.74, 6) is 0.747. The molecule has 0 heterocycles. The van der Waals surface area contributed by atoms with E-state index in [4.69, 9.17) is 0 Å². The van der Waals surface area contributed by atoms with Crippen LogP contribution in [0.3, 0.4) is 0 Å². The van der Waals surface area contributed by atoms with Crippen molar-refractivity contribution in [3.05, 3.63) is 53.6 Å². The topological polar surface area (TPSA) is 0 Å². The van der Waals surface area contributed by atoms with Gasteiger partial charge in [-0.3, -0.25) is 0 Å². The van der Waals surface area contributed by atoms with Crippen molar-refractivity contribution in [1.29, 1.82) is 0 Å². The van der Waals surface area contributed by atoms with Gasteiger partial charge in [-0.15, -0.1) is 0 Å². The predicted molar refractivity (Wildman–Crippen MR) is 66.7 cm³/mol. The molecule has 1 aliphatic rings. The van der Waals surface area contributed by atoms with Gasteiger partial charge < -0.3 is 0 Å². The molecule has 0 radical (unpaired) electrons. The van der Waals surface area contributed by atoms with Gasteiger partial charge in [-0.2, -0.15) is 0 Å². The molecule has 0 heteroatoms. The van der Waals surface area contributed by atoms with E-state index in [0.29, 0.717) is 0 Å². The van der Waals surface area contributed by atoms with Crippen molar-refractivity contribution >= 4 is 6.08 Å². The minimum absolute atomic E-state index is 0.747. The maximum absolute atomic E-state index is 2.36. The number of aryl methyl sites for hydroxylation is 1. The summed E-state index contributed by atoms with van der Waals surface area (Å²) < 4.78 is 0. The second kappa shape index (κ2) is 4.97. The van der Waals surface area contributed by atoms with Crippen LogP contribution in [0.4, 0.5) is 0 Å². The molecule has 1 aromatic rings. The number of rotatable bonds is 2. The Morgan fingerprint density at radius 1 is 1.13 bits per heavy atom. The molecule has 0 saturated heterocycles. The van der Waals surface area contributed by atoms with Crippen LogP contribution in [-0.4, -0.2) is 0 Å². The number of benzene rings is 1. The van der Waals surface area contributed by atoms with Crippen LogP contribution in [-0.2, 0) is 0 Å². The normalized spacial score (nSPS) is 21.0. The fourth-order valence-corrected chi connectivity index (χ4v) is 1.92. The van der Waals surface area contributed by atoms with E-state index in [0.717, 1.165) is 5.92 Å². The van der Waals surface area contributed by atoms with Crippen LogP contribution < -0.4 is 0 Å². The van der Waals surface area contributed by atoms with Crippen LogP contribution in [0.1, 0.15) is 30.4 Å². The molecule has 1 unspecified atom stereocenters. The van der Waals surface area contributed by atoms with E-state index >= 15 is 0 Å². The van der Waals surface area contributed by atoms with E-state index < -0.39 is 0 Å². The zero-order chi connectivity index (χ0) is 10.5. The third-order valence-corrected chi connectivity index (χ3v) is 2.95. The smallest absolute Gasteiger partial charge is 0.0193 e. The molecule has 0 aromatic heterocycles. The Kier molecular flexibility index (Phi) is 3.39. The molecule has 0 bridgehead atoms. The lowest BCUT2D eigenvalue weighted by atomic mass is 9.93. The summed E-state index contributed by atoms with van der Waals surface area (Å²) in [5, 5.41) is 0. The van der Waals surface area contributed by atoms with Gasteiger partial charge in [0.15, 0.2) is 0 Å². The van der Waals surface area contributed by atoms with Crippen molar-refractivity contribution in [2.75, 3.05) is 0 Å². The highest BCUT2D eigenvalue weighted by atomic mass is 14.1. The Bertz CT molecular complexity index is 354. The second-order valence-electron chi connectivity index (χ2n) is 4.31. The first-order valence-electron chi connectivity index (χ1n) is 5.74. The first-order valence-corrected chi connectivity index (χ1v) is 5.74. The monoisotopic (exact) mass is 198 g/mol. The molecule has 0 fully saturated rings. The average Bonchev–Trinajstić information content (AvgIpc) is 2.30. The number of hydrogen-bond acceptors (Lipinski definition) is 0. The zero-order valence-corrected chi connectivity index (χ0v) is 9.32. The summed E-state index contributed by atoms with van der Waals surface area (Å²) in [5.41, 5.74) is 2.64. The van der Waals surface area contributed by atoms with Crippen molar-refractivity contribution in [3.63, 3.8) is 0 Å².